The third-order valence-electron chi connectivity index (χ3n) is 4.42. The van der Waals surface area contributed by atoms with E-state index in [0.717, 1.165) is 12.1 Å². The molecule has 3 N–H and O–H groups in total. The summed E-state index contributed by atoms with van der Waals surface area (Å²) in [4.78, 5) is 0. The van der Waals surface area contributed by atoms with Gasteiger partial charge >= 0.3 is 6.18 Å². The van der Waals surface area contributed by atoms with Gasteiger partial charge in [-0.3, -0.25) is 5.32 Å². The normalized spacial score (nSPS) is 13.9. The van der Waals surface area contributed by atoms with Crippen LogP contribution in [0.15, 0.2) is 54.6 Å². The van der Waals surface area contributed by atoms with Crippen molar-refractivity contribution in [3.63, 3.8) is 0 Å². The molecule has 1 heterocycles. The number of aromatic nitrogens is 2. The van der Waals surface area contributed by atoms with Gasteiger partial charge in [-0.15, -0.1) is 0 Å². The molecular formula is C20H20F4N4O. The van der Waals surface area contributed by atoms with Gasteiger partial charge in [-0.25, -0.2) is 9.07 Å². The van der Waals surface area contributed by atoms with Gasteiger partial charge in [0, 0.05) is 6.07 Å². The fraction of sp³-hybridized carbons (Fsp3) is 0.250. The Kier molecular flexibility index (Phi) is 5.90. The number of benzene rings is 2. The summed E-state index contributed by atoms with van der Waals surface area (Å²) in [6, 6.07) is 11.9. The van der Waals surface area contributed by atoms with Crippen molar-refractivity contribution in [1.29, 1.82) is 0 Å². The van der Waals surface area contributed by atoms with Crippen LogP contribution in [0.4, 0.5) is 17.6 Å². The number of ether oxygens (including phenoxy) is 1. The first-order valence-corrected chi connectivity index (χ1v) is 8.77. The lowest BCUT2D eigenvalue weighted by Crippen LogP contribution is -2.31. The van der Waals surface area contributed by atoms with Crippen molar-refractivity contribution in [2.45, 2.75) is 25.3 Å². The Labute approximate surface area is 165 Å². The molecule has 5 nitrogen and oxygen atoms in total. The predicted octanol–water partition coefficient (Wildman–Crippen LogP) is 4.35. The van der Waals surface area contributed by atoms with Gasteiger partial charge in [0.05, 0.1) is 36.3 Å². The molecule has 0 fully saturated rings. The van der Waals surface area contributed by atoms with Gasteiger partial charge in [0.2, 0.25) is 5.88 Å². The first kappa shape index (κ1) is 20.8. The Balaban J connectivity index is 1.82. The van der Waals surface area contributed by atoms with E-state index in [4.69, 9.17) is 10.5 Å². The molecule has 1 aromatic heterocycles. The van der Waals surface area contributed by atoms with Gasteiger partial charge in [0.1, 0.15) is 5.82 Å². The average molecular weight is 408 g/mol. The Morgan fingerprint density at radius 1 is 1.10 bits per heavy atom. The molecule has 2 atom stereocenters. The van der Waals surface area contributed by atoms with Gasteiger partial charge < -0.3 is 10.5 Å². The van der Waals surface area contributed by atoms with E-state index in [1.165, 1.54) is 36.1 Å². The molecule has 9 heteroatoms. The maximum absolute atomic E-state index is 13.4. The zero-order valence-corrected chi connectivity index (χ0v) is 15.7. The van der Waals surface area contributed by atoms with Crippen molar-refractivity contribution in [2.75, 3.05) is 7.11 Å². The zero-order chi connectivity index (χ0) is 21.2. The van der Waals surface area contributed by atoms with Crippen molar-refractivity contribution in [3.05, 3.63) is 77.2 Å². The number of nitrogens with two attached hydrogens (primary N) is 1. The van der Waals surface area contributed by atoms with Crippen LogP contribution >= 0.6 is 0 Å². The molecule has 154 valence electrons. The molecular weight excluding hydrogens is 388 g/mol. The van der Waals surface area contributed by atoms with Crippen molar-refractivity contribution < 1.29 is 22.3 Å². The van der Waals surface area contributed by atoms with Crippen LogP contribution in [0.3, 0.4) is 0 Å². The molecule has 3 aromatic rings. The number of alkyl halides is 3. The molecule has 0 aliphatic rings. The SMILES string of the molecule is COc1cc(C(C)N[C@H](N)c2cccc(F)c2)nn1-c1ccc(C(F)(F)F)cc1. The summed E-state index contributed by atoms with van der Waals surface area (Å²) >= 11 is 0. The largest absolute Gasteiger partial charge is 0.481 e. The van der Waals surface area contributed by atoms with Crippen LogP contribution in [-0.2, 0) is 6.18 Å². The Hall–Kier alpha value is -2.91. The fourth-order valence-corrected chi connectivity index (χ4v) is 2.87. The lowest BCUT2D eigenvalue weighted by atomic mass is 10.1. The number of rotatable bonds is 6. The van der Waals surface area contributed by atoms with E-state index in [2.05, 4.69) is 10.4 Å². The fourth-order valence-electron chi connectivity index (χ4n) is 2.87. The number of hydrogen-bond donors (Lipinski definition) is 2. The summed E-state index contributed by atoms with van der Waals surface area (Å²) in [5.41, 5.74) is 6.91. The summed E-state index contributed by atoms with van der Waals surface area (Å²) in [5.74, 6) is -0.0339. The van der Waals surface area contributed by atoms with Gasteiger partial charge in [0.15, 0.2) is 0 Å². The van der Waals surface area contributed by atoms with E-state index >= 15 is 0 Å². The second-order valence-corrected chi connectivity index (χ2v) is 6.49. The van der Waals surface area contributed by atoms with Crippen LogP contribution in [0.1, 0.15) is 36.0 Å². The summed E-state index contributed by atoms with van der Waals surface area (Å²) in [5, 5.41) is 7.54. The second kappa shape index (κ2) is 8.22. The van der Waals surface area contributed by atoms with E-state index in [9.17, 15) is 17.6 Å². The number of nitrogens with zero attached hydrogens (tertiary/aromatic N) is 2. The maximum Gasteiger partial charge on any atom is 0.416 e. The molecule has 3 rings (SSSR count). The summed E-state index contributed by atoms with van der Waals surface area (Å²) in [7, 11) is 1.44. The number of methoxy groups -OCH3 is 1. The van der Waals surface area contributed by atoms with E-state index in [1.54, 1.807) is 18.2 Å². The molecule has 0 saturated carbocycles. The zero-order valence-electron chi connectivity index (χ0n) is 15.7. The number of nitrogens with one attached hydrogen (secondary N) is 1. The number of hydrogen-bond acceptors (Lipinski definition) is 4. The lowest BCUT2D eigenvalue weighted by Gasteiger charge is -2.19. The monoisotopic (exact) mass is 408 g/mol. The average Bonchev–Trinajstić information content (AvgIpc) is 3.12. The maximum atomic E-state index is 13.4. The lowest BCUT2D eigenvalue weighted by molar-refractivity contribution is -0.137. The van der Waals surface area contributed by atoms with Crippen molar-refractivity contribution in [3.8, 4) is 11.6 Å². The summed E-state index contributed by atoms with van der Waals surface area (Å²) in [6.45, 7) is 1.82. The Morgan fingerprint density at radius 2 is 1.79 bits per heavy atom. The van der Waals surface area contributed by atoms with Crippen LogP contribution in [0.25, 0.3) is 5.69 Å². The topological polar surface area (TPSA) is 65.1 Å². The molecule has 0 amide bonds. The third kappa shape index (κ3) is 4.75. The van der Waals surface area contributed by atoms with Crippen molar-refractivity contribution in [2.24, 2.45) is 5.73 Å². The quantitative estimate of drug-likeness (QED) is 0.470. The second-order valence-electron chi connectivity index (χ2n) is 6.49. The van der Waals surface area contributed by atoms with Gasteiger partial charge in [-0.1, -0.05) is 12.1 Å². The summed E-state index contributed by atoms with van der Waals surface area (Å²) < 4.78 is 58.4. The first-order valence-electron chi connectivity index (χ1n) is 8.77. The Morgan fingerprint density at radius 3 is 2.38 bits per heavy atom. The van der Waals surface area contributed by atoms with E-state index in [-0.39, 0.29) is 11.9 Å². The van der Waals surface area contributed by atoms with Gasteiger partial charge in [-0.2, -0.15) is 18.3 Å². The highest BCUT2D eigenvalue weighted by Crippen LogP contribution is 2.30. The smallest absolute Gasteiger partial charge is 0.416 e. The van der Waals surface area contributed by atoms with Gasteiger partial charge in [-0.05, 0) is 48.9 Å². The standard InChI is InChI=1S/C20H20F4N4O/c1-12(26-19(25)13-4-3-5-15(21)10-13)17-11-18(29-2)28(27-17)16-8-6-14(7-9-16)20(22,23)24/h3-12,19,26H,25H2,1-2H3/t12?,19-/m0/s1. The molecule has 0 saturated heterocycles. The molecule has 29 heavy (non-hydrogen) atoms. The molecule has 1 unspecified atom stereocenters. The van der Waals surface area contributed by atoms with Crippen LogP contribution < -0.4 is 15.8 Å². The van der Waals surface area contributed by atoms with Crippen LogP contribution in [0.2, 0.25) is 0 Å². The van der Waals surface area contributed by atoms with Crippen molar-refractivity contribution in [1.82, 2.24) is 15.1 Å². The highest BCUT2D eigenvalue weighted by atomic mass is 19.4. The molecule has 0 aliphatic carbocycles. The highest BCUT2D eigenvalue weighted by molar-refractivity contribution is 5.39. The molecule has 0 spiro atoms. The molecule has 0 aliphatic heterocycles. The molecule has 0 radical (unpaired) electrons. The van der Waals surface area contributed by atoms with E-state index in [0.29, 0.717) is 22.8 Å². The van der Waals surface area contributed by atoms with Crippen molar-refractivity contribution >= 4 is 0 Å². The minimum atomic E-state index is -4.41. The third-order valence-corrected chi connectivity index (χ3v) is 4.42. The minimum absolute atomic E-state index is 0.335. The first-order chi connectivity index (χ1) is 13.7. The van der Waals surface area contributed by atoms with E-state index < -0.39 is 17.9 Å². The van der Waals surface area contributed by atoms with Crippen LogP contribution in [0, 0.1) is 5.82 Å². The van der Waals surface area contributed by atoms with Gasteiger partial charge in [0.25, 0.3) is 0 Å². The van der Waals surface area contributed by atoms with Crippen LogP contribution in [-0.4, -0.2) is 16.9 Å². The highest BCUT2D eigenvalue weighted by Gasteiger charge is 2.30. The minimum Gasteiger partial charge on any atom is -0.481 e. The summed E-state index contributed by atoms with van der Waals surface area (Å²) in [6.07, 6.45) is -5.05. The van der Waals surface area contributed by atoms with E-state index in [1.807, 2.05) is 6.92 Å². The predicted molar refractivity (Wildman–Crippen MR) is 100.0 cm³/mol. The number of halogens is 4. The molecule has 2 aromatic carbocycles. The Bertz CT molecular complexity index is 969. The molecule has 0 bridgehead atoms. The van der Waals surface area contributed by atoms with Crippen LogP contribution in [0.5, 0.6) is 5.88 Å².